The molecule has 2 rings (SSSR count). The lowest BCUT2D eigenvalue weighted by Crippen LogP contribution is -2.00. The topological polar surface area (TPSA) is 72.0 Å². The summed E-state index contributed by atoms with van der Waals surface area (Å²) in [6.07, 6.45) is 1.96. The molecular formula is C14H17N3O2S2. The molecule has 0 atom stereocenters. The Morgan fingerprint density at radius 2 is 1.86 bits per heavy atom. The van der Waals surface area contributed by atoms with Crippen LogP contribution in [-0.4, -0.2) is 31.7 Å². The van der Waals surface area contributed by atoms with Gasteiger partial charge in [-0.25, -0.2) is 18.4 Å². The van der Waals surface area contributed by atoms with E-state index < -0.39 is 9.84 Å². The van der Waals surface area contributed by atoms with Gasteiger partial charge in [-0.3, -0.25) is 0 Å². The predicted octanol–water partition coefficient (Wildman–Crippen LogP) is 2.64. The quantitative estimate of drug-likeness (QED) is 0.853. The van der Waals surface area contributed by atoms with Gasteiger partial charge in [0.2, 0.25) is 0 Å². The number of nitrogens with zero attached hydrogens (tertiary/aromatic N) is 2. The van der Waals surface area contributed by atoms with Crippen molar-refractivity contribution in [3.05, 3.63) is 36.2 Å². The van der Waals surface area contributed by atoms with Crippen molar-refractivity contribution in [2.75, 3.05) is 18.6 Å². The van der Waals surface area contributed by atoms with Crippen LogP contribution in [0.2, 0.25) is 0 Å². The molecule has 7 heteroatoms. The molecule has 0 saturated carbocycles. The molecule has 5 nitrogen and oxygen atoms in total. The summed E-state index contributed by atoms with van der Waals surface area (Å²) in [4.78, 5) is 10.1. The van der Waals surface area contributed by atoms with Gasteiger partial charge in [0.1, 0.15) is 16.7 Å². The summed E-state index contributed by atoms with van der Waals surface area (Å²) in [7, 11) is -1.34. The predicted molar refractivity (Wildman–Crippen MR) is 84.6 cm³/mol. The molecule has 1 aromatic heterocycles. The van der Waals surface area contributed by atoms with Gasteiger partial charge in [-0.05, 0) is 24.3 Å². The van der Waals surface area contributed by atoms with Crippen molar-refractivity contribution in [2.45, 2.75) is 28.2 Å². The van der Waals surface area contributed by atoms with E-state index >= 15 is 0 Å². The molecule has 0 aliphatic heterocycles. The minimum atomic E-state index is -3.16. The lowest BCUT2D eigenvalue weighted by molar-refractivity contribution is 0.602. The van der Waals surface area contributed by atoms with Crippen molar-refractivity contribution < 1.29 is 8.42 Å². The van der Waals surface area contributed by atoms with Gasteiger partial charge in [0.05, 0.1) is 4.90 Å². The summed E-state index contributed by atoms with van der Waals surface area (Å²) in [5, 5.41) is 3.84. The summed E-state index contributed by atoms with van der Waals surface area (Å²) < 4.78 is 22.9. The molecule has 21 heavy (non-hydrogen) atoms. The maximum Gasteiger partial charge on any atom is 0.175 e. The number of hydrogen-bond acceptors (Lipinski definition) is 6. The van der Waals surface area contributed by atoms with Crippen LogP contribution in [0.1, 0.15) is 12.7 Å². The molecule has 0 unspecified atom stereocenters. The zero-order valence-corrected chi connectivity index (χ0v) is 13.8. The van der Waals surface area contributed by atoms with Crippen molar-refractivity contribution in [1.29, 1.82) is 0 Å². The molecule has 1 heterocycles. The van der Waals surface area contributed by atoms with Crippen LogP contribution < -0.4 is 5.32 Å². The fourth-order valence-corrected chi connectivity index (χ4v) is 3.15. The van der Waals surface area contributed by atoms with Crippen molar-refractivity contribution in [1.82, 2.24) is 9.97 Å². The van der Waals surface area contributed by atoms with Crippen LogP contribution in [0.5, 0.6) is 0 Å². The Hall–Kier alpha value is -1.60. The van der Waals surface area contributed by atoms with Gasteiger partial charge in [0, 0.05) is 30.7 Å². The minimum absolute atomic E-state index is 0.319. The maximum absolute atomic E-state index is 11.4. The second-order valence-corrected chi connectivity index (χ2v) is 7.57. The summed E-state index contributed by atoms with van der Waals surface area (Å²) >= 11 is 1.48. The summed E-state index contributed by atoms with van der Waals surface area (Å²) in [5.74, 6) is 1.55. The van der Waals surface area contributed by atoms with E-state index in [4.69, 9.17) is 0 Å². The van der Waals surface area contributed by atoms with E-state index in [0.717, 1.165) is 28.0 Å². The molecule has 0 radical (unpaired) electrons. The van der Waals surface area contributed by atoms with E-state index in [1.165, 1.54) is 18.0 Å². The van der Waals surface area contributed by atoms with Gasteiger partial charge < -0.3 is 5.32 Å². The van der Waals surface area contributed by atoms with E-state index in [0.29, 0.717) is 4.90 Å². The van der Waals surface area contributed by atoms with Gasteiger partial charge in [-0.2, -0.15) is 0 Å². The van der Waals surface area contributed by atoms with Gasteiger partial charge in [0.15, 0.2) is 9.84 Å². The molecular weight excluding hydrogens is 306 g/mol. The zero-order chi connectivity index (χ0) is 15.5. The average Bonchev–Trinajstić information content (AvgIpc) is 2.46. The molecule has 0 amide bonds. The van der Waals surface area contributed by atoms with E-state index in [-0.39, 0.29) is 0 Å². The highest BCUT2D eigenvalue weighted by Gasteiger charge is 2.08. The summed E-state index contributed by atoms with van der Waals surface area (Å²) in [6.45, 7) is 2.00. The zero-order valence-electron chi connectivity index (χ0n) is 12.1. The summed E-state index contributed by atoms with van der Waals surface area (Å²) in [6, 6.07) is 8.66. The third-order valence-corrected chi connectivity index (χ3v) is 4.85. The van der Waals surface area contributed by atoms with E-state index in [1.807, 2.05) is 20.0 Å². The number of rotatable bonds is 5. The summed E-state index contributed by atoms with van der Waals surface area (Å²) in [5.41, 5.74) is 0. The molecule has 0 fully saturated rings. The largest absolute Gasteiger partial charge is 0.373 e. The molecule has 0 saturated heterocycles. The SMILES string of the molecule is CCc1nc(NC)cc(Sc2ccc(S(C)(=O)=O)cc2)n1. The Morgan fingerprint density at radius 1 is 1.19 bits per heavy atom. The maximum atomic E-state index is 11.4. The van der Waals surface area contributed by atoms with Crippen LogP contribution in [-0.2, 0) is 16.3 Å². The highest BCUT2D eigenvalue weighted by Crippen LogP contribution is 2.28. The van der Waals surface area contributed by atoms with E-state index in [2.05, 4.69) is 15.3 Å². The third kappa shape index (κ3) is 4.18. The van der Waals surface area contributed by atoms with Crippen molar-refractivity contribution in [3.63, 3.8) is 0 Å². The second-order valence-electron chi connectivity index (χ2n) is 4.46. The lowest BCUT2D eigenvalue weighted by Gasteiger charge is -2.07. The molecule has 0 aliphatic carbocycles. The fourth-order valence-electron chi connectivity index (χ4n) is 1.69. The van der Waals surface area contributed by atoms with Crippen LogP contribution in [0.3, 0.4) is 0 Å². The highest BCUT2D eigenvalue weighted by molar-refractivity contribution is 7.99. The Bertz CT molecular complexity index is 706. The van der Waals surface area contributed by atoms with Gasteiger partial charge in [-0.15, -0.1) is 0 Å². The van der Waals surface area contributed by atoms with Crippen molar-refractivity contribution >= 4 is 27.4 Å². The van der Waals surface area contributed by atoms with Crippen LogP contribution >= 0.6 is 11.8 Å². The van der Waals surface area contributed by atoms with Crippen LogP contribution in [0.15, 0.2) is 45.1 Å². The van der Waals surface area contributed by atoms with Crippen LogP contribution in [0.25, 0.3) is 0 Å². The smallest absolute Gasteiger partial charge is 0.175 e. The molecule has 1 aromatic carbocycles. The first-order valence-corrected chi connectivity index (χ1v) is 9.17. The molecule has 0 bridgehead atoms. The first-order valence-electron chi connectivity index (χ1n) is 6.46. The first-order chi connectivity index (χ1) is 9.92. The number of nitrogens with one attached hydrogen (secondary N) is 1. The minimum Gasteiger partial charge on any atom is -0.373 e. The Labute approximate surface area is 129 Å². The molecule has 0 aliphatic rings. The lowest BCUT2D eigenvalue weighted by atomic mass is 10.4. The van der Waals surface area contributed by atoms with Gasteiger partial charge in [0.25, 0.3) is 0 Å². The van der Waals surface area contributed by atoms with Crippen LogP contribution in [0, 0.1) is 0 Å². The number of hydrogen-bond donors (Lipinski definition) is 1. The fraction of sp³-hybridized carbons (Fsp3) is 0.286. The normalized spacial score (nSPS) is 11.4. The monoisotopic (exact) mass is 323 g/mol. The molecule has 112 valence electrons. The van der Waals surface area contributed by atoms with Gasteiger partial charge >= 0.3 is 0 Å². The van der Waals surface area contributed by atoms with E-state index in [9.17, 15) is 8.42 Å². The average molecular weight is 323 g/mol. The second kappa shape index (κ2) is 6.44. The van der Waals surface area contributed by atoms with Crippen molar-refractivity contribution in [2.24, 2.45) is 0 Å². The van der Waals surface area contributed by atoms with Crippen molar-refractivity contribution in [3.8, 4) is 0 Å². The Kier molecular flexibility index (Phi) is 4.84. The first kappa shape index (κ1) is 15.8. The number of anilines is 1. The number of benzene rings is 1. The van der Waals surface area contributed by atoms with Crippen LogP contribution in [0.4, 0.5) is 5.82 Å². The number of aromatic nitrogens is 2. The molecule has 1 N–H and O–H groups in total. The molecule has 0 spiro atoms. The van der Waals surface area contributed by atoms with Gasteiger partial charge in [-0.1, -0.05) is 18.7 Å². The highest BCUT2D eigenvalue weighted by atomic mass is 32.2. The molecule has 2 aromatic rings. The Balaban J connectivity index is 2.25. The standard InChI is InChI=1S/C14H17N3O2S2/c1-4-12-16-13(15-2)9-14(17-12)20-10-5-7-11(8-6-10)21(3,18)19/h5-9H,4H2,1-3H3,(H,15,16,17). The number of sulfone groups is 1. The third-order valence-electron chi connectivity index (χ3n) is 2.80. The number of aryl methyl sites for hydroxylation is 1. The van der Waals surface area contributed by atoms with E-state index in [1.54, 1.807) is 24.3 Å². The Morgan fingerprint density at radius 3 is 2.38 bits per heavy atom.